The molecule has 0 amide bonds. The molecule has 0 saturated carbocycles. The lowest BCUT2D eigenvalue weighted by Crippen LogP contribution is -1.93. The molecule has 112 valence electrons. The predicted molar refractivity (Wildman–Crippen MR) is 81.8 cm³/mol. The second kappa shape index (κ2) is 6.96. The zero-order chi connectivity index (χ0) is 16.1. The Morgan fingerprint density at radius 1 is 0.727 bits per heavy atom. The SMILES string of the molecule is CC(=O)c1ccc(O[P+](=O)Oc2ccc(C(C)=O)cc2)cc1. The monoisotopic (exact) mass is 317 g/mol. The fraction of sp³-hybridized carbons (Fsp3) is 0.125. The number of hydrogen-bond donors (Lipinski definition) is 0. The molecular formula is C16H14O5P+. The van der Waals surface area contributed by atoms with Crippen LogP contribution in [0.5, 0.6) is 11.5 Å². The maximum atomic E-state index is 11.8. The van der Waals surface area contributed by atoms with E-state index in [1.165, 1.54) is 13.8 Å². The van der Waals surface area contributed by atoms with E-state index in [1.54, 1.807) is 48.5 Å². The van der Waals surface area contributed by atoms with Crippen LogP contribution in [-0.2, 0) is 4.57 Å². The highest BCUT2D eigenvalue weighted by molar-refractivity contribution is 7.34. The molecule has 0 radical (unpaired) electrons. The van der Waals surface area contributed by atoms with Gasteiger partial charge in [0.25, 0.3) is 0 Å². The molecule has 2 aromatic rings. The van der Waals surface area contributed by atoms with Crippen LogP contribution in [0.3, 0.4) is 0 Å². The van der Waals surface area contributed by atoms with Gasteiger partial charge >= 0.3 is 8.25 Å². The first-order chi connectivity index (χ1) is 10.5. The first-order valence-electron chi connectivity index (χ1n) is 6.51. The van der Waals surface area contributed by atoms with Crippen LogP contribution in [0.2, 0.25) is 0 Å². The summed E-state index contributed by atoms with van der Waals surface area (Å²) in [6, 6.07) is 12.5. The van der Waals surface area contributed by atoms with E-state index in [1.807, 2.05) is 0 Å². The fourth-order valence-electron chi connectivity index (χ4n) is 1.69. The van der Waals surface area contributed by atoms with Gasteiger partial charge in [0.1, 0.15) is 0 Å². The van der Waals surface area contributed by atoms with E-state index in [0.29, 0.717) is 22.6 Å². The normalized spacial score (nSPS) is 9.91. The third kappa shape index (κ3) is 4.24. The van der Waals surface area contributed by atoms with Gasteiger partial charge in [-0.25, -0.2) is 9.05 Å². The lowest BCUT2D eigenvalue weighted by Gasteiger charge is -1.97. The van der Waals surface area contributed by atoms with Crippen molar-refractivity contribution in [2.75, 3.05) is 0 Å². The molecular weight excluding hydrogens is 303 g/mol. The number of ketones is 2. The molecule has 2 rings (SSSR count). The molecule has 22 heavy (non-hydrogen) atoms. The van der Waals surface area contributed by atoms with Gasteiger partial charge in [-0.05, 0) is 62.4 Å². The van der Waals surface area contributed by atoms with Crippen molar-refractivity contribution < 1.29 is 23.2 Å². The van der Waals surface area contributed by atoms with Gasteiger partial charge in [-0.1, -0.05) is 0 Å². The molecule has 0 aliphatic heterocycles. The van der Waals surface area contributed by atoms with Crippen molar-refractivity contribution in [2.24, 2.45) is 0 Å². The van der Waals surface area contributed by atoms with Gasteiger partial charge in [-0.15, -0.1) is 0 Å². The summed E-state index contributed by atoms with van der Waals surface area (Å²) in [5.74, 6) is 0.563. The molecule has 0 heterocycles. The van der Waals surface area contributed by atoms with Crippen molar-refractivity contribution in [1.29, 1.82) is 0 Å². The molecule has 0 aliphatic rings. The van der Waals surface area contributed by atoms with E-state index in [-0.39, 0.29) is 11.6 Å². The summed E-state index contributed by atoms with van der Waals surface area (Å²) >= 11 is 0. The summed E-state index contributed by atoms with van der Waals surface area (Å²) < 4.78 is 22.1. The largest absolute Gasteiger partial charge is 0.805 e. The molecule has 0 N–H and O–H groups in total. The molecule has 0 saturated heterocycles. The van der Waals surface area contributed by atoms with Crippen LogP contribution in [0.25, 0.3) is 0 Å². The minimum Gasteiger partial charge on any atom is -0.295 e. The third-order valence-electron chi connectivity index (χ3n) is 2.88. The van der Waals surface area contributed by atoms with Gasteiger partial charge in [0, 0.05) is 15.7 Å². The van der Waals surface area contributed by atoms with E-state index in [2.05, 4.69) is 0 Å². The van der Waals surface area contributed by atoms with Crippen molar-refractivity contribution in [3.05, 3.63) is 59.7 Å². The molecule has 0 spiro atoms. The third-order valence-corrected chi connectivity index (χ3v) is 3.60. The van der Waals surface area contributed by atoms with E-state index >= 15 is 0 Å². The molecule has 0 unspecified atom stereocenters. The average Bonchev–Trinajstić information content (AvgIpc) is 2.48. The molecule has 0 aliphatic carbocycles. The summed E-state index contributed by atoms with van der Waals surface area (Å²) in [6.45, 7) is 2.92. The number of rotatable bonds is 6. The van der Waals surface area contributed by atoms with Crippen molar-refractivity contribution >= 4 is 19.8 Å². The van der Waals surface area contributed by atoms with Gasteiger partial charge in [0.15, 0.2) is 23.1 Å². The maximum Gasteiger partial charge on any atom is 0.805 e. The molecule has 5 nitrogen and oxygen atoms in total. The van der Waals surface area contributed by atoms with Crippen LogP contribution in [-0.4, -0.2) is 11.6 Å². The van der Waals surface area contributed by atoms with Gasteiger partial charge in [-0.3, -0.25) is 9.59 Å². The average molecular weight is 317 g/mol. The highest BCUT2D eigenvalue weighted by Crippen LogP contribution is 2.30. The van der Waals surface area contributed by atoms with Crippen LogP contribution in [0, 0.1) is 0 Å². The number of benzene rings is 2. The van der Waals surface area contributed by atoms with Crippen LogP contribution in [0.15, 0.2) is 48.5 Å². The highest BCUT2D eigenvalue weighted by atomic mass is 31.1. The summed E-state index contributed by atoms with van der Waals surface area (Å²) in [6.07, 6.45) is 0. The standard InChI is InChI=1S/C16H14O5P/c1-11(17)13-3-7-15(8-4-13)20-22(19)21-16-9-5-14(6-10-16)12(2)18/h3-10H,1-2H3/q+1. The van der Waals surface area contributed by atoms with Crippen LogP contribution in [0.1, 0.15) is 34.6 Å². The topological polar surface area (TPSA) is 69.7 Å². The summed E-state index contributed by atoms with van der Waals surface area (Å²) in [4.78, 5) is 22.3. The number of carbonyl (C=O) groups excluding carboxylic acids is 2. The van der Waals surface area contributed by atoms with E-state index in [9.17, 15) is 14.2 Å². The highest BCUT2D eigenvalue weighted by Gasteiger charge is 2.24. The number of hydrogen-bond acceptors (Lipinski definition) is 5. The van der Waals surface area contributed by atoms with E-state index < -0.39 is 8.25 Å². The smallest absolute Gasteiger partial charge is 0.295 e. The lowest BCUT2D eigenvalue weighted by molar-refractivity contribution is 0.100. The summed E-state index contributed by atoms with van der Waals surface area (Å²) in [7, 11) is -2.40. The summed E-state index contributed by atoms with van der Waals surface area (Å²) in [5.41, 5.74) is 1.09. The molecule has 0 fully saturated rings. The Bertz CT molecular complexity index is 643. The molecule has 6 heteroatoms. The molecule has 0 aromatic heterocycles. The Morgan fingerprint density at radius 2 is 1.05 bits per heavy atom. The first kappa shape index (κ1) is 15.9. The summed E-state index contributed by atoms with van der Waals surface area (Å²) in [5, 5.41) is 0. The predicted octanol–water partition coefficient (Wildman–Crippen LogP) is 4.21. The van der Waals surface area contributed by atoms with Crippen molar-refractivity contribution in [3.63, 3.8) is 0 Å². The van der Waals surface area contributed by atoms with Crippen LogP contribution < -0.4 is 9.05 Å². The molecule has 0 atom stereocenters. The van der Waals surface area contributed by atoms with E-state index in [4.69, 9.17) is 9.05 Å². The Hall–Kier alpha value is -2.52. The minimum absolute atomic E-state index is 0.0576. The maximum absolute atomic E-state index is 11.8. The van der Waals surface area contributed by atoms with E-state index in [0.717, 1.165) is 0 Å². The first-order valence-corrected chi connectivity index (χ1v) is 7.60. The Morgan fingerprint density at radius 3 is 1.32 bits per heavy atom. The number of Topliss-reactive ketones (excluding diaryl/α,β-unsaturated/α-hetero) is 2. The Kier molecular flexibility index (Phi) is 5.02. The second-order valence-corrected chi connectivity index (χ2v) is 5.38. The zero-order valence-corrected chi connectivity index (χ0v) is 13.0. The van der Waals surface area contributed by atoms with Gasteiger partial charge in [0.2, 0.25) is 0 Å². The quantitative estimate of drug-likeness (QED) is 0.589. The zero-order valence-electron chi connectivity index (χ0n) is 12.1. The lowest BCUT2D eigenvalue weighted by atomic mass is 10.1. The van der Waals surface area contributed by atoms with Crippen molar-refractivity contribution in [2.45, 2.75) is 13.8 Å². The second-order valence-electron chi connectivity index (χ2n) is 4.57. The van der Waals surface area contributed by atoms with Gasteiger partial charge in [-0.2, -0.15) is 0 Å². The fourth-order valence-corrected chi connectivity index (χ4v) is 2.32. The van der Waals surface area contributed by atoms with Crippen LogP contribution in [0.4, 0.5) is 0 Å². The number of carbonyl (C=O) groups is 2. The Balaban J connectivity index is 1.97. The van der Waals surface area contributed by atoms with Gasteiger partial charge in [0.05, 0.1) is 0 Å². The Labute approximate surface area is 128 Å². The van der Waals surface area contributed by atoms with Crippen LogP contribution >= 0.6 is 8.25 Å². The van der Waals surface area contributed by atoms with Crippen molar-refractivity contribution in [3.8, 4) is 11.5 Å². The van der Waals surface area contributed by atoms with Gasteiger partial charge < -0.3 is 0 Å². The van der Waals surface area contributed by atoms with Crippen molar-refractivity contribution in [1.82, 2.24) is 0 Å². The molecule has 0 bridgehead atoms. The molecule has 2 aromatic carbocycles. The minimum atomic E-state index is -2.40.